The van der Waals surface area contributed by atoms with Gasteiger partial charge < -0.3 is 25.1 Å². The molecule has 0 spiro atoms. The molecule has 136 valence electrons. The van der Waals surface area contributed by atoms with E-state index in [-0.39, 0.29) is 34.1 Å². The van der Waals surface area contributed by atoms with Crippen LogP contribution in [0.1, 0.15) is 24.2 Å². The SMILES string of the molecule is CC(C)N.COc1cc(OC)nc(Oc2cccc(Cl)c2C(=O)O)n1. The first-order valence-corrected chi connectivity index (χ1v) is 7.58. The summed E-state index contributed by atoms with van der Waals surface area (Å²) in [5, 5.41) is 9.22. The van der Waals surface area contributed by atoms with Crippen molar-refractivity contribution < 1.29 is 24.1 Å². The molecule has 0 aliphatic carbocycles. The first-order chi connectivity index (χ1) is 11.8. The average molecular weight is 370 g/mol. The molecule has 0 aliphatic heterocycles. The smallest absolute Gasteiger partial charge is 0.341 e. The molecule has 0 bridgehead atoms. The Bertz CT molecular complexity index is 700. The van der Waals surface area contributed by atoms with Gasteiger partial charge in [0.25, 0.3) is 0 Å². The Labute approximate surface area is 150 Å². The summed E-state index contributed by atoms with van der Waals surface area (Å²) in [4.78, 5) is 19.1. The second kappa shape index (κ2) is 9.65. The second-order valence-electron chi connectivity index (χ2n) is 5.00. The lowest BCUT2D eigenvalue weighted by atomic mass is 10.2. The second-order valence-corrected chi connectivity index (χ2v) is 5.41. The summed E-state index contributed by atoms with van der Waals surface area (Å²) in [6.45, 7) is 3.89. The number of ether oxygens (including phenoxy) is 3. The van der Waals surface area contributed by atoms with E-state index in [4.69, 9.17) is 31.5 Å². The summed E-state index contributed by atoms with van der Waals surface area (Å²) in [6.07, 6.45) is 0. The zero-order valence-corrected chi connectivity index (χ0v) is 15.1. The van der Waals surface area contributed by atoms with Crippen molar-refractivity contribution in [2.75, 3.05) is 14.2 Å². The summed E-state index contributed by atoms with van der Waals surface area (Å²) < 4.78 is 15.4. The molecule has 0 saturated carbocycles. The van der Waals surface area contributed by atoms with Crippen molar-refractivity contribution >= 4 is 17.6 Å². The van der Waals surface area contributed by atoms with E-state index in [9.17, 15) is 9.90 Å². The van der Waals surface area contributed by atoms with Crippen LogP contribution in [-0.4, -0.2) is 41.3 Å². The molecule has 9 heteroatoms. The Morgan fingerprint density at radius 2 is 1.72 bits per heavy atom. The topological polar surface area (TPSA) is 117 Å². The third-order valence-electron chi connectivity index (χ3n) is 2.47. The van der Waals surface area contributed by atoms with E-state index in [0.29, 0.717) is 6.04 Å². The molecule has 0 amide bonds. The summed E-state index contributed by atoms with van der Waals surface area (Å²) in [5.74, 6) is -0.762. The van der Waals surface area contributed by atoms with Crippen molar-refractivity contribution in [3.63, 3.8) is 0 Å². The van der Waals surface area contributed by atoms with Crippen molar-refractivity contribution in [1.29, 1.82) is 0 Å². The largest absolute Gasteiger partial charge is 0.481 e. The van der Waals surface area contributed by atoms with Crippen LogP contribution < -0.4 is 19.9 Å². The van der Waals surface area contributed by atoms with Gasteiger partial charge in [0.15, 0.2) is 0 Å². The van der Waals surface area contributed by atoms with Gasteiger partial charge >= 0.3 is 12.0 Å². The highest BCUT2D eigenvalue weighted by Crippen LogP contribution is 2.30. The Morgan fingerprint density at radius 1 is 1.20 bits per heavy atom. The fraction of sp³-hybridized carbons (Fsp3) is 0.312. The number of aromatic carboxylic acids is 1. The first kappa shape index (κ1) is 20.5. The number of halogens is 1. The van der Waals surface area contributed by atoms with Crippen molar-refractivity contribution in [2.24, 2.45) is 5.73 Å². The zero-order chi connectivity index (χ0) is 19.0. The molecule has 1 heterocycles. The minimum Gasteiger partial charge on any atom is -0.481 e. The van der Waals surface area contributed by atoms with Crippen LogP contribution in [0.25, 0.3) is 0 Å². The monoisotopic (exact) mass is 369 g/mol. The Hall–Kier alpha value is -2.58. The Morgan fingerprint density at radius 3 is 2.16 bits per heavy atom. The standard InChI is InChI=1S/C13H11ClN2O5.C3H9N/c1-19-9-6-10(20-2)16-13(15-9)21-8-5-3-4-7(14)11(8)12(17)18;1-3(2)4/h3-6H,1-2H3,(H,17,18);3H,4H2,1-2H3. The maximum Gasteiger partial charge on any atom is 0.341 e. The molecule has 8 nitrogen and oxygen atoms in total. The molecular weight excluding hydrogens is 350 g/mol. The third kappa shape index (κ3) is 6.44. The van der Waals surface area contributed by atoms with E-state index in [1.807, 2.05) is 13.8 Å². The molecule has 0 fully saturated rings. The average Bonchev–Trinajstić information content (AvgIpc) is 2.53. The maximum atomic E-state index is 11.2. The molecule has 3 N–H and O–H groups in total. The molecule has 1 aromatic heterocycles. The number of hydrogen-bond acceptors (Lipinski definition) is 7. The summed E-state index contributed by atoms with van der Waals surface area (Å²) in [5.41, 5.74) is 4.93. The number of hydrogen-bond donors (Lipinski definition) is 2. The van der Waals surface area contributed by atoms with Crippen LogP contribution in [0.2, 0.25) is 5.02 Å². The number of rotatable bonds is 5. The highest BCUT2D eigenvalue weighted by atomic mass is 35.5. The van der Waals surface area contributed by atoms with Crippen LogP contribution in [0, 0.1) is 0 Å². The molecule has 0 saturated heterocycles. The minimum atomic E-state index is -1.22. The highest BCUT2D eigenvalue weighted by Gasteiger charge is 2.18. The quantitative estimate of drug-likeness (QED) is 0.825. The number of benzene rings is 1. The fourth-order valence-electron chi connectivity index (χ4n) is 1.53. The van der Waals surface area contributed by atoms with E-state index < -0.39 is 5.97 Å². The molecule has 2 rings (SSSR count). The van der Waals surface area contributed by atoms with Crippen LogP contribution in [-0.2, 0) is 0 Å². The van der Waals surface area contributed by atoms with Gasteiger partial charge in [-0.1, -0.05) is 31.5 Å². The lowest BCUT2D eigenvalue weighted by molar-refractivity contribution is 0.0694. The summed E-state index contributed by atoms with van der Waals surface area (Å²) in [7, 11) is 2.85. The predicted molar refractivity (Wildman–Crippen MR) is 92.9 cm³/mol. The zero-order valence-electron chi connectivity index (χ0n) is 14.3. The molecule has 0 unspecified atom stereocenters. The maximum absolute atomic E-state index is 11.2. The van der Waals surface area contributed by atoms with Gasteiger partial charge in [-0.2, -0.15) is 9.97 Å². The number of aromatic nitrogens is 2. The lowest BCUT2D eigenvalue weighted by Crippen LogP contribution is -2.06. The van der Waals surface area contributed by atoms with Gasteiger partial charge in [-0.3, -0.25) is 0 Å². The minimum absolute atomic E-state index is 0.0188. The van der Waals surface area contributed by atoms with E-state index >= 15 is 0 Å². The van der Waals surface area contributed by atoms with Gasteiger partial charge in [0.05, 0.1) is 25.3 Å². The number of methoxy groups -OCH3 is 2. The molecule has 2 aromatic rings. The van der Waals surface area contributed by atoms with Crippen molar-refractivity contribution in [2.45, 2.75) is 19.9 Å². The van der Waals surface area contributed by atoms with Gasteiger partial charge in [-0.15, -0.1) is 0 Å². The van der Waals surface area contributed by atoms with Crippen LogP contribution in [0.5, 0.6) is 23.5 Å². The Balaban J connectivity index is 0.000000705. The van der Waals surface area contributed by atoms with Crippen LogP contribution >= 0.6 is 11.6 Å². The van der Waals surface area contributed by atoms with E-state index in [1.54, 1.807) is 6.07 Å². The van der Waals surface area contributed by atoms with E-state index in [1.165, 1.54) is 32.4 Å². The molecular formula is C16H20ClN3O5. The van der Waals surface area contributed by atoms with Crippen molar-refractivity contribution in [1.82, 2.24) is 9.97 Å². The van der Waals surface area contributed by atoms with E-state index in [2.05, 4.69) is 9.97 Å². The molecule has 1 aromatic carbocycles. The normalized spacial score (nSPS) is 9.88. The highest BCUT2D eigenvalue weighted by molar-refractivity contribution is 6.33. The molecule has 0 aliphatic rings. The number of carbonyl (C=O) groups is 1. The van der Waals surface area contributed by atoms with Gasteiger partial charge in [-0.25, -0.2) is 4.79 Å². The van der Waals surface area contributed by atoms with Crippen LogP contribution in [0.4, 0.5) is 0 Å². The number of carboxylic acids is 1. The molecule has 0 atom stereocenters. The fourth-order valence-corrected chi connectivity index (χ4v) is 1.78. The number of nitrogens with two attached hydrogens (primary N) is 1. The van der Waals surface area contributed by atoms with Crippen molar-refractivity contribution in [3.8, 4) is 23.5 Å². The van der Waals surface area contributed by atoms with Gasteiger partial charge in [-0.05, 0) is 18.2 Å². The number of nitrogens with zero attached hydrogens (tertiary/aromatic N) is 2. The summed E-state index contributed by atoms with van der Waals surface area (Å²) in [6, 6.07) is 6.14. The van der Waals surface area contributed by atoms with Crippen LogP contribution in [0.15, 0.2) is 24.3 Å². The van der Waals surface area contributed by atoms with E-state index in [0.717, 1.165) is 0 Å². The molecule has 25 heavy (non-hydrogen) atoms. The van der Waals surface area contributed by atoms with Gasteiger partial charge in [0, 0.05) is 0 Å². The molecule has 0 radical (unpaired) electrons. The van der Waals surface area contributed by atoms with Gasteiger partial charge in [0.2, 0.25) is 11.8 Å². The first-order valence-electron chi connectivity index (χ1n) is 7.20. The van der Waals surface area contributed by atoms with Gasteiger partial charge in [0.1, 0.15) is 11.3 Å². The number of carboxylic acid groups (broad SMARTS) is 1. The predicted octanol–water partition coefficient (Wildman–Crippen LogP) is 2.99. The lowest BCUT2D eigenvalue weighted by Gasteiger charge is -2.10. The van der Waals surface area contributed by atoms with Crippen molar-refractivity contribution in [3.05, 3.63) is 34.9 Å². The third-order valence-corrected chi connectivity index (χ3v) is 2.78. The van der Waals surface area contributed by atoms with Crippen LogP contribution in [0.3, 0.4) is 0 Å². The Kier molecular flexibility index (Phi) is 7.90. The summed E-state index contributed by atoms with van der Waals surface area (Å²) >= 11 is 5.86.